The number of fused-ring (bicyclic) bond motifs is 3. The van der Waals surface area contributed by atoms with Crippen molar-refractivity contribution in [3.63, 3.8) is 0 Å². The molecule has 0 atom stereocenters. The molecule has 0 saturated heterocycles. The number of nitrogens with zero attached hydrogens (tertiary/aromatic N) is 1. The van der Waals surface area contributed by atoms with E-state index in [1.54, 1.807) is 17.2 Å². The van der Waals surface area contributed by atoms with Crippen molar-refractivity contribution < 1.29 is 0 Å². The Morgan fingerprint density at radius 3 is 2.09 bits per heavy atom. The largest absolute Gasteiger partial charge is 0.249 e. The molecule has 182 valence electrons. The van der Waals surface area contributed by atoms with Crippen LogP contribution in [0.4, 0.5) is 0 Å². The number of hydrogen-bond donors (Lipinski definition) is 0. The zero-order valence-electron chi connectivity index (χ0n) is 21.7. The summed E-state index contributed by atoms with van der Waals surface area (Å²) < 4.78 is 0. The maximum absolute atomic E-state index is 4.65. The molecule has 1 aliphatic rings. The van der Waals surface area contributed by atoms with Crippen molar-refractivity contribution in [1.82, 2.24) is 4.98 Å². The molecule has 1 heteroatoms. The van der Waals surface area contributed by atoms with Crippen LogP contribution in [0.25, 0.3) is 29.4 Å². The second-order valence-corrected chi connectivity index (χ2v) is 10.1. The average molecular weight is 464 g/mol. The fourth-order valence-electron chi connectivity index (χ4n) is 5.80. The summed E-state index contributed by atoms with van der Waals surface area (Å²) in [7, 11) is 0. The van der Waals surface area contributed by atoms with E-state index in [-0.39, 0.29) is 5.41 Å². The molecule has 0 radical (unpaired) electrons. The van der Waals surface area contributed by atoms with E-state index >= 15 is 0 Å². The van der Waals surface area contributed by atoms with Crippen LogP contribution in [0.5, 0.6) is 0 Å². The lowest BCUT2D eigenvalue weighted by atomic mass is 9.70. The molecule has 0 amide bonds. The van der Waals surface area contributed by atoms with Crippen LogP contribution in [0.3, 0.4) is 0 Å². The summed E-state index contributed by atoms with van der Waals surface area (Å²) in [6, 6.07) is 22.4. The Morgan fingerprint density at radius 2 is 1.37 bits per heavy atom. The third-order valence-corrected chi connectivity index (χ3v) is 7.65. The molecule has 2 aromatic carbocycles. The predicted molar refractivity (Wildman–Crippen MR) is 153 cm³/mol. The van der Waals surface area contributed by atoms with Crippen LogP contribution in [-0.2, 0) is 5.41 Å². The molecule has 3 aromatic rings. The quantitative estimate of drug-likeness (QED) is 0.230. The van der Waals surface area contributed by atoms with Crippen LogP contribution >= 0.6 is 0 Å². The van der Waals surface area contributed by atoms with Gasteiger partial charge in [-0.2, -0.15) is 0 Å². The van der Waals surface area contributed by atoms with E-state index in [9.17, 15) is 0 Å². The molecule has 1 aromatic heterocycles. The first kappa shape index (κ1) is 25.2. The van der Waals surface area contributed by atoms with Crippen LogP contribution in [0, 0.1) is 0 Å². The molecule has 4 rings (SSSR count). The van der Waals surface area contributed by atoms with Gasteiger partial charge in [0.2, 0.25) is 0 Å². The molecular formula is C34H41N. The maximum atomic E-state index is 4.65. The molecule has 0 N–H and O–H groups in total. The van der Waals surface area contributed by atoms with Gasteiger partial charge in [0.1, 0.15) is 0 Å². The van der Waals surface area contributed by atoms with Crippen molar-refractivity contribution in [2.45, 2.75) is 83.5 Å². The number of hydrogen-bond acceptors (Lipinski definition) is 1. The van der Waals surface area contributed by atoms with Crippen LogP contribution in [0.1, 0.15) is 106 Å². The number of aromatic nitrogens is 1. The Morgan fingerprint density at radius 1 is 0.686 bits per heavy atom. The highest BCUT2D eigenvalue weighted by molar-refractivity contribution is 5.83. The fraction of sp³-hybridized carbons (Fsp3) is 0.382. The van der Waals surface area contributed by atoms with Gasteiger partial charge in [-0.05, 0) is 64.9 Å². The Balaban J connectivity index is 1.71. The van der Waals surface area contributed by atoms with Gasteiger partial charge in [-0.1, -0.05) is 126 Å². The minimum absolute atomic E-state index is 0.137. The summed E-state index contributed by atoms with van der Waals surface area (Å²) in [4.78, 5) is 4.65. The Bertz CT molecular complexity index is 1140. The van der Waals surface area contributed by atoms with Gasteiger partial charge in [-0.3, -0.25) is 0 Å². The Kier molecular flexibility index (Phi) is 8.74. The molecule has 1 aliphatic carbocycles. The van der Waals surface area contributed by atoms with Gasteiger partial charge in [-0.15, -0.1) is 0 Å². The molecular weight excluding hydrogens is 422 g/mol. The molecule has 1 nitrogen and oxygen atoms in total. The minimum Gasteiger partial charge on any atom is -0.249 e. The van der Waals surface area contributed by atoms with Crippen molar-refractivity contribution in [2.75, 3.05) is 0 Å². The SMILES string of the molecule is C=Cc1cccc(/C=C/c2ccc3c(c2)C(CCCCCC)(CCCCCC)c2ccccc2-3)n1. The molecule has 35 heavy (non-hydrogen) atoms. The lowest BCUT2D eigenvalue weighted by Crippen LogP contribution is -2.25. The molecule has 0 saturated carbocycles. The highest BCUT2D eigenvalue weighted by atomic mass is 14.7. The number of unbranched alkanes of at least 4 members (excludes halogenated alkanes) is 6. The smallest absolute Gasteiger partial charge is 0.0637 e. The third kappa shape index (κ3) is 5.67. The van der Waals surface area contributed by atoms with Crippen LogP contribution in [-0.4, -0.2) is 4.98 Å². The van der Waals surface area contributed by atoms with Crippen LogP contribution in [0.2, 0.25) is 0 Å². The van der Waals surface area contributed by atoms with E-state index in [0.717, 1.165) is 11.4 Å². The lowest BCUT2D eigenvalue weighted by molar-refractivity contribution is 0.401. The first-order valence-corrected chi connectivity index (χ1v) is 13.7. The standard InChI is InChI=1S/C34H41N/c1-4-7-9-13-24-34(25-14-10-8-5-2)32-19-12-11-18-30(32)31-23-21-27(26-33(31)34)20-22-29-17-15-16-28(6-3)35-29/h6,11-12,15-23,26H,3-5,7-10,13-14,24-25H2,1-2H3/b22-20+. The highest BCUT2D eigenvalue weighted by Gasteiger charge is 2.41. The number of rotatable bonds is 13. The van der Waals surface area contributed by atoms with Gasteiger partial charge in [0.15, 0.2) is 0 Å². The third-order valence-electron chi connectivity index (χ3n) is 7.65. The molecule has 0 aliphatic heterocycles. The summed E-state index contributed by atoms with van der Waals surface area (Å²) >= 11 is 0. The van der Waals surface area contributed by atoms with E-state index in [0.29, 0.717) is 0 Å². The zero-order chi connectivity index (χ0) is 24.5. The molecule has 0 spiro atoms. The Hall–Kier alpha value is -2.93. The van der Waals surface area contributed by atoms with Crippen LogP contribution < -0.4 is 0 Å². The average Bonchev–Trinajstić information content (AvgIpc) is 3.17. The van der Waals surface area contributed by atoms with E-state index < -0.39 is 0 Å². The van der Waals surface area contributed by atoms with Crippen molar-refractivity contribution in [3.05, 3.63) is 95.3 Å². The minimum atomic E-state index is 0.137. The summed E-state index contributed by atoms with van der Waals surface area (Å²) in [6.45, 7) is 8.46. The summed E-state index contributed by atoms with van der Waals surface area (Å²) in [5.41, 5.74) is 9.27. The zero-order valence-corrected chi connectivity index (χ0v) is 21.7. The van der Waals surface area contributed by atoms with Crippen molar-refractivity contribution in [2.24, 2.45) is 0 Å². The van der Waals surface area contributed by atoms with Crippen molar-refractivity contribution >= 4 is 18.2 Å². The second kappa shape index (κ2) is 12.2. The molecule has 0 unspecified atom stereocenters. The second-order valence-electron chi connectivity index (χ2n) is 10.1. The van der Waals surface area contributed by atoms with Crippen LogP contribution in [0.15, 0.2) is 67.2 Å². The molecule has 0 fully saturated rings. The van der Waals surface area contributed by atoms with Gasteiger partial charge >= 0.3 is 0 Å². The van der Waals surface area contributed by atoms with E-state index in [1.165, 1.54) is 80.9 Å². The van der Waals surface area contributed by atoms with Crippen molar-refractivity contribution in [3.8, 4) is 11.1 Å². The Labute approximate surface area is 213 Å². The monoisotopic (exact) mass is 463 g/mol. The summed E-state index contributed by atoms with van der Waals surface area (Å²) in [5.74, 6) is 0. The molecule has 0 bridgehead atoms. The van der Waals surface area contributed by atoms with Gasteiger partial charge in [0.25, 0.3) is 0 Å². The first-order valence-electron chi connectivity index (χ1n) is 13.7. The normalized spacial score (nSPS) is 13.7. The highest BCUT2D eigenvalue weighted by Crippen LogP contribution is 2.54. The number of pyridine rings is 1. The number of benzene rings is 2. The maximum Gasteiger partial charge on any atom is 0.0637 e. The van der Waals surface area contributed by atoms with Gasteiger partial charge < -0.3 is 0 Å². The predicted octanol–water partition coefficient (Wildman–Crippen LogP) is 10.1. The van der Waals surface area contributed by atoms with Gasteiger partial charge in [0.05, 0.1) is 11.4 Å². The topological polar surface area (TPSA) is 12.9 Å². The fourth-order valence-corrected chi connectivity index (χ4v) is 5.80. The van der Waals surface area contributed by atoms with E-state index in [1.807, 2.05) is 12.1 Å². The lowest BCUT2D eigenvalue weighted by Gasteiger charge is -2.33. The van der Waals surface area contributed by atoms with Gasteiger partial charge in [-0.25, -0.2) is 4.98 Å². The van der Waals surface area contributed by atoms with E-state index in [4.69, 9.17) is 0 Å². The van der Waals surface area contributed by atoms with Gasteiger partial charge in [0, 0.05) is 5.41 Å². The first-order chi connectivity index (χ1) is 17.2. The van der Waals surface area contributed by atoms with Crippen molar-refractivity contribution in [1.29, 1.82) is 0 Å². The molecule has 1 heterocycles. The van der Waals surface area contributed by atoms with E-state index in [2.05, 4.69) is 86.1 Å². The summed E-state index contributed by atoms with van der Waals surface area (Å²) in [6.07, 6.45) is 19.1. The summed E-state index contributed by atoms with van der Waals surface area (Å²) in [5, 5.41) is 0.